The van der Waals surface area contributed by atoms with E-state index in [2.05, 4.69) is 48.4 Å². The summed E-state index contributed by atoms with van der Waals surface area (Å²) < 4.78 is 10.3. The lowest BCUT2D eigenvalue weighted by atomic mass is 9.97. The molecule has 0 saturated heterocycles. The Bertz CT molecular complexity index is 737. The Kier molecular flexibility index (Phi) is 5.15. The number of anilines is 1. The zero-order valence-corrected chi connectivity index (χ0v) is 14.6. The summed E-state index contributed by atoms with van der Waals surface area (Å²) in [6.45, 7) is 5.25. The minimum absolute atomic E-state index is 0.177. The van der Waals surface area contributed by atoms with Crippen molar-refractivity contribution < 1.29 is 14.3 Å². The number of nitrogens with zero attached hydrogens (tertiary/aromatic N) is 1. The van der Waals surface area contributed by atoms with E-state index < -0.39 is 0 Å². The molecule has 0 saturated carbocycles. The first-order valence-electron chi connectivity index (χ1n) is 7.99. The number of benzene rings is 1. The fourth-order valence-electron chi connectivity index (χ4n) is 2.33. The highest BCUT2D eigenvalue weighted by Crippen LogP contribution is 2.27. The molecule has 126 valence electrons. The molecule has 0 fully saturated rings. The van der Waals surface area contributed by atoms with Crippen LogP contribution in [0.1, 0.15) is 31.7 Å². The van der Waals surface area contributed by atoms with E-state index in [1.165, 1.54) is 23.2 Å². The first-order valence-corrected chi connectivity index (χ1v) is 8.87. The number of aromatic nitrogens is 1. The number of hydrogen-bond donors (Lipinski definition) is 1. The molecule has 0 spiro atoms. The lowest BCUT2D eigenvalue weighted by Gasteiger charge is -2.14. The highest BCUT2D eigenvalue weighted by molar-refractivity contribution is 7.14. The Labute approximate surface area is 145 Å². The van der Waals surface area contributed by atoms with Gasteiger partial charge in [-0.15, -0.1) is 11.3 Å². The normalized spacial score (nSPS) is 15.0. The Morgan fingerprint density at radius 1 is 1.33 bits per heavy atom. The van der Waals surface area contributed by atoms with Crippen molar-refractivity contribution in [3.63, 3.8) is 0 Å². The van der Waals surface area contributed by atoms with Gasteiger partial charge in [0, 0.05) is 10.9 Å². The lowest BCUT2D eigenvalue weighted by Crippen LogP contribution is -2.21. The molecule has 6 heteroatoms. The van der Waals surface area contributed by atoms with Crippen LogP contribution in [-0.4, -0.2) is 24.1 Å². The van der Waals surface area contributed by atoms with Gasteiger partial charge in [-0.25, -0.2) is 4.98 Å². The van der Waals surface area contributed by atoms with E-state index in [9.17, 15) is 4.79 Å². The van der Waals surface area contributed by atoms with Crippen molar-refractivity contribution in [1.82, 2.24) is 4.98 Å². The van der Waals surface area contributed by atoms with Crippen LogP contribution in [-0.2, 0) is 14.3 Å². The fourth-order valence-corrected chi connectivity index (χ4v) is 3.04. The van der Waals surface area contributed by atoms with Crippen LogP contribution in [0.3, 0.4) is 0 Å². The molecule has 1 N–H and O–H groups in total. The third kappa shape index (κ3) is 3.76. The Morgan fingerprint density at radius 3 is 2.79 bits per heavy atom. The third-order valence-corrected chi connectivity index (χ3v) is 4.74. The first-order chi connectivity index (χ1) is 11.7. The van der Waals surface area contributed by atoms with Crippen molar-refractivity contribution in [2.24, 2.45) is 0 Å². The molecule has 1 atom stereocenters. The SMILES string of the molecule is CC[C@H](C)c1ccc(-c2csc(NC(=O)C3=COCCO3)n2)cc1. The van der Waals surface area contributed by atoms with E-state index in [1.807, 2.05) is 5.38 Å². The maximum Gasteiger partial charge on any atom is 0.295 e. The lowest BCUT2D eigenvalue weighted by molar-refractivity contribution is -0.117. The van der Waals surface area contributed by atoms with E-state index in [-0.39, 0.29) is 11.7 Å². The minimum Gasteiger partial charge on any atom is -0.494 e. The van der Waals surface area contributed by atoms with Gasteiger partial charge in [-0.2, -0.15) is 0 Å². The van der Waals surface area contributed by atoms with Gasteiger partial charge in [-0.05, 0) is 17.9 Å². The molecule has 1 aromatic carbocycles. The number of carbonyl (C=O) groups excluding carboxylic acids is 1. The van der Waals surface area contributed by atoms with Crippen LogP contribution in [0.5, 0.6) is 0 Å². The monoisotopic (exact) mass is 344 g/mol. The standard InChI is InChI=1S/C18H20N2O3S/c1-3-12(2)13-4-6-14(7-5-13)15-11-24-18(19-15)20-17(21)16-10-22-8-9-23-16/h4-7,10-12H,3,8-9H2,1-2H3,(H,19,20,21)/t12-/m0/s1. The van der Waals surface area contributed by atoms with Gasteiger partial charge in [0.25, 0.3) is 5.91 Å². The van der Waals surface area contributed by atoms with E-state index >= 15 is 0 Å². The van der Waals surface area contributed by atoms with Crippen LogP contribution < -0.4 is 5.32 Å². The summed E-state index contributed by atoms with van der Waals surface area (Å²) in [5.41, 5.74) is 3.21. The van der Waals surface area contributed by atoms with Crippen molar-refractivity contribution in [3.8, 4) is 11.3 Å². The molecule has 0 bridgehead atoms. The molecule has 1 amide bonds. The molecule has 1 aliphatic heterocycles. The number of hydrogen-bond acceptors (Lipinski definition) is 5. The van der Waals surface area contributed by atoms with Crippen LogP contribution >= 0.6 is 11.3 Å². The van der Waals surface area contributed by atoms with Crippen LogP contribution in [0.2, 0.25) is 0 Å². The van der Waals surface area contributed by atoms with Crippen molar-refractivity contribution in [3.05, 3.63) is 47.2 Å². The summed E-state index contributed by atoms with van der Waals surface area (Å²) in [6, 6.07) is 8.42. The summed E-state index contributed by atoms with van der Waals surface area (Å²) in [5.74, 6) is 0.383. The third-order valence-electron chi connectivity index (χ3n) is 3.99. The number of carbonyl (C=O) groups is 1. The largest absolute Gasteiger partial charge is 0.494 e. The average Bonchev–Trinajstić information content (AvgIpc) is 3.10. The number of thiazole rings is 1. The fraction of sp³-hybridized carbons (Fsp3) is 0.333. The molecule has 5 nitrogen and oxygen atoms in total. The number of nitrogens with one attached hydrogen (secondary N) is 1. The quantitative estimate of drug-likeness (QED) is 0.885. The maximum atomic E-state index is 12.0. The predicted octanol–water partition coefficient (Wildman–Crippen LogP) is 4.15. The Balaban J connectivity index is 1.69. The zero-order chi connectivity index (χ0) is 16.9. The van der Waals surface area contributed by atoms with Gasteiger partial charge < -0.3 is 9.47 Å². The van der Waals surface area contributed by atoms with Crippen LogP contribution in [0, 0.1) is 0 Å². The van der Waals surface area contributed by atoms with E-state index in [0.29, 0.717) is 24.3 Å². The van der Waals surface area contributed by atoms with Gasteiger partial charge in [0.2, 0.25) is 5.76 Å². The highest BCUT2D eigenvalue weighted by Gasteiger charge is 2.17. The second-order valence-electron chi connectivity index (χ2n) is 5.62. The smallest absolute Gasteiger partial charge is 0.295 e. The van der Waals surface area contributed by atoms with Crippen LogP contribution in [0.25, 0.3) is 11.3 Å². The summed E-state index contributed by atoms with van der Waals surface area (Å²) in [6.07, 6.45) is 2.45. The van der Waals surface area contributed by atoms with Crippen LogP contribution in [0.15, 0.2) is 41.7 Å². The topological polar surface area (TPSA) is 60.5 Å². The molecule has 1 aromatic heterocycles. The molecule has 2 heterocycles. The van der Waals surface area contributed by atoms with Gasteiger partial charge in [0.05, 0.1) is 5.69 Å². The van der Waals surface area contributed by atoms with Crippen molar-refractivity contribution in [1.29, 1.82) is 0 Å². The van der Waals surface area contributed by atoms with Gasteiger partial charge in [-0.1, -0.05) is 38.1 Å². The van der Waals surface area contributed by atoms with Crippen molar-refractivity contribution >= 4 is 22.4 Å². The number of rotatable bonds is 5. The number of amides is 1. The van der Waals surface area contributed by atoms with Crippen molar-refractivity contribution in [2.45, 2.75) is 26.2 Å². The minimum atomic E-state index is -0.345. The Morgan fingerprint density at radius 2 is 2.12 bits per heavy atom. The second kappa shape index (κ2) is 7.49. The summed E-state index contributed by atoms with van der Waals surface area (Å²) >= 11 is 1.39. The van der Waals surface area contributed by atoms with Crippen molar-refractivity contribution in [2.75, 3.05) is 18.5 Å². The first kappa shape index (κ1) is 16.5. The second-order valence-corrected chi connectivity index (χ2v) is 6.48. The molecule has 3 rings (SSSR count). The predicted molar refractivity (Wildman–Crippen MR) is 94.9 cm³/mol. The average molecular weight is 344 g/mol. The molecular formula is C18H20N2O3S. The molecule has 24 heavy (non-hydrogen) atoms. The maximum absolute atomic E-state index is 12.0. The summed E-state index contributed by atoms with van der Waals surface area (Å²) in [5, 5.41) is 5.20. The number of ether oxygens (including phenoxy) is 2. The van der Waals surface area contributed by atoms with E-state index in [1.54, 1.807) is 0 Å². The molecule has 1 aliphatic rings. The highest BCUT2D eigenvalue weighted by atomic mass is 32.1. The van der Waals surface area contributed by atoms with Gasteiger partial charge in [0.1, 0.15) is 19.5 Å². The van der Waals surface area contributed by atoms with Gasteiger partial charge >= 0.3 is 0 Å². The van der Waals surface area contributed by atoms with Gasteiger partial charge in [0.15, 0.2) is 5.13 Å². The molecule has 0 aliphatic carbocycles. The summed E-state index contributed by atoms with van der Waals surface area (Å²) in [4.78, 5) is 16.5. The molecule has 0 unspecified atom stereocenters. The van der Waals surface area contributed by atoms with Gasteiger partial charge in [-0.3, -0.25) is 10.1 Å². The van der Waals surface area contributed by atoms with Crippen LogP contribution in [0.4, 0.5) is 5.13 Å². The van der Waals surface area contributed by atoms with E-state index in [4.69, 9.17) is 9.47 Å². The Hall–Kier alpha value is -2.34. The summed E-state index contributed by atoms with van der Waals surface area (Å²) in [7, 11) is 0. The molecular weight excluding hydrogens is 324 g/mol. The molecule has 0 radical (unpaired) electrons. The molecule has 2 aromatic rings. The zero-order valence-electron chi connectivity index (χ0n) is 13.7. The van der Waals surface area contributed by atoms with E-state index in [0.717, 1.165) is 17.7 Å².